The lowest BCUT2D eigenvalue weighted by molar-refractivity contribution is -0.139. The molecular formula is C34H36N4O6. The number of carbonyl (C=O) groups excluding carboxylic acids is 1. The predicted molar refractivity (Wildman–Crippen MR) is 167 cm³/mol. The van der Waals surface area contributed by atoms with Gasteiger partial charge in [-0.3, -0.25) is 4.79 Å². The highest BCUT2D eigenvalue weighted by atomic mass is 16.5. The van der Waals surface area contributed by atoms with E-state index in [9.17, 15) is 19.8 Å². The van der Waals surface area contributed by atoms with Crippen LogP contribution in [0.3, 0.4) is 0 Å². The van der Waals surface area contributed by atoms with E-state index in [-0.39, 0.29) is 31.4 Å². The van der Waals surface area contributed by atoms with Crippen molar-refractivity contribution in [3.8, 4) is 22.9 Å². The highest BCUT2D eigenvalue weighted by Crippen LogP contribution is 2.36. The van der Waals surface area contributed by atoms with Crippen LogP contribution in [0.1, 0.15) is 59.8 Å². The molecule has 0 radical (unpaired) electrons. The second-order valence-corrected chi connectivity index (χ2v) is 11.4. The molecule has 0 aliphatic heterocycles. The number of aromatic nitrogens is 3. The SMILES string of the molecule is Cc1[nH]c2ccc(O)cc2c1C[C@H](NC(=O)c1ccc2c(c1)nc(-c1ccc(OCCO)cc1)n2C1CCCCC1)C(=O)O. The number of nitrogens with one attached hydrogen (secondary N) is 2. The Bertz CT molecular complexity index is 1820. The summed E-state index contributed by atoms with van der Waals surface area (Å²) in [4.78, 5) is 33.9. The number of hydrogen-bond acceptors (Lipinski definition) is 6. The summed E-state index contributed by atoms with van der Waals surface area (Å²) < 4.78 is 7.80. The Balaban J connectivity index is 1.30. The number of H-pyrrole nitrogens is 1. The first-order valence-electron chi connectivity index (χ1n) is 15.0. The number of phenolic OH excluding ortho intramolecular Hbond substituents is 1. The Morgan fingerprint density at radius 1 is 1.07 bits per heavy atom. The minimum absolute atomic E-state index is 0.0527. The third-order valence-electron chi connectivity index (χ3n) is 8.48. The Hall–Kier alpha value is -4.83. The average molecular weight is 597 g/mol. The lowest BCUT2D eigenvalue weighted by Gasteiger charge is -2.25. The monoisotopic (exact) mass is 596 g/mol. The fourth-order valence-corrected chi connectivity index (χ4v) is 6.30. The van der Waals surface area contributed by atoms with E-state index in [2.05, 4.69) is 14.9 Å². The first-order chi connectivity index (χ1) is 21.3. The molecule has 0 saturated heterocycles. The number of amides is 1. The molecule has 5 N–H and O–H groups in total. The second-order valence-electron chi connectivity index (χ2n) is 11.4. The van der Waals surface area contributed by atoms with E-state index in [4.69, 9.17) is 14.8 Å². The molecule has 1 saturated carbocycles. The van der Waals surface area contributed by atoms with Gasteiger partial charge in [0.25, 0.3) is 5.91 Å². The normalized spacial score (nSPS) is 14.6. The smallest absolute Gasteiger partial charge is 0.326 e. The summed E-state index contributed by atoms with van der Waals surface area (Å²) in [5, 5.41) is 32.5. The molecule has 0 unspecified atom stereocenters. The fourth-order valence-electron chi connectivity index (χ4n) is 6.30. The lowest BCUT2D eigenvalue weighted by atomic mass is 9.94. The number of phenols is 1. The Labute approximate surface area is 254 Å². The molecule has 44 heavy (non-hydrogen) atoms. The van der Waals surface area contributed by atoms with Crippen LogP contribution in [-0.2, 0) is 11.2 Å². The van der Waals surface area contributed by atoms with E-state index in [1.807, 2.05) is 37.3 Å². The predicted octanol–water partition coefficient (Wildman–Crippen LogP) is 5.50. The molecule has 5 aromatic rings. The number of fused-ring (bicyclic) bond motifs is 2. The number of rotatable bonds is 10. The molecule has 2 aromatic heterocycles. The van der Waals surface area contributed by atoms with Crippen molar-refractivity contribution in [2.24, 2.45) is 0 Å². The maximum absolute atomic E-state index is 13.4. The average Bonchev–Trinajstić information content (AvgIpc) is 3.56. The standard InChI is InChI=1S/C34H36N4O6/c1-20-26(27-18-24(40)10-13-28(27)35-20)19-30(34(42)43)37-33(41)22-9-14-31-29(17-22)36-32(38(31)23-5-3-2-4-6-23)21-7-11-25(12-8-21)44-16-15-39/h7-14,17-18,23,30,35,39-40H,2-6,15-16,19H2,1H3,(H,37,41)(H,42,43)/t30-/m0/s1. The van der Waals surface area contributed by atoms with Gasteiger partial charge in [-0.05, 0) is 86.0 Å². The minimum Gasteiger partial charge on any atom is -0.508 e. The van der Waals surface area contributed by atoms with Gasteiger partial charge in [-0.25, -0.2) is 9.78 Å². The zero-order chi connectivity index (χ0) is 30.8. The lowest BCUT2D eigenvalue weighted by Crippen LogP contribution is -2.42. The Morgan fingerprint density at radius 3 is 2.57 bits per heavy atom. The van der Waals surface area contributed by atoms with Crippen molar-refractivity contribution in [3.63, 3.8) is 0 Å². The number of aliphatic hydroxyl groups excluding tert-OH is 1. The summed E-state index contributed by atoms with van der Waals surface area (Å²) in [7, 11) is 0. The highest BCUT2D eigenvalue weighted by Gasteiger charge is 2.26. The van der Waals surface area contributed by atoms with Gasteiger partial charge in [-0.2, -0.15) is 0 Å². The van der Waals surface area contributed by atoms with E-state index in [1.165, 1.54) is 6.42 Å². The van der Waals surface area contributed by atoms with Crippen LogP contribution in [0, 0.1) is 6.92 Å². The zero-order valence-corrected chi connectivity index (χ0v) is 24.5. The van der Waals surface area contributed by atoms with Crippen molar-refractivity contribution in [2.45, 2.75) is 57.5 Å². The van der Waals surface area contributed by atoms with Crippen molar-refractivity contribution in [2.75, 3.05) is 13.2 Å². The number of carboxylic acids is 1. The van der Waals surface area contributed by atoms with E-state index in [0.717, 1.165) is 64.7 Å². The maximum atomic E-state index is 13.4. The molecule has 228 valence electrons. The Kier molecular flexibility index (Phi) is 8.25. The second kappa shape index (κ2) is 12.4. The molecule has 1 amide bonds. The van der Waals surface area contributed by atoms with Gasteiger partial charge in [0.2, 0.25) is 0 Å². The summed E-state index contributed by atoms with van der Waals surface area (Å²) in [6, 6.07) is 17.0. The molecular weight excluding hydrogens is 560 g/mol. The van der Waals surface area contributed by atoms with Crippen molar-refractivity contribution in [1.82, 2.24) is 19.9 Å². The third-order valence-corrected chi connectivity index (χ3v) is 8.48. The van der Waals surface area contributed by atoms with Crippen LogP contribution in [0.15, 0.2) is 60.7 Å². The minimum atomic E-state index is -1.18. The van der Waals surface area contributed by atoms with Gasteiger partial charge in [-0.15, -0.1) is 0 Å². The number of aliphatic carboxylic acids is 1. The summed E-state index contributed by atoms with van der Waals surface area (Å²) in [6.45, 7) is 2.00. The molecule has 1 atom stereocenters. The summed E-state index contributed by atoms with van der Waals surface area (Å²) in [6.07, 6.45) is 5.64. The molecule has 0 spiro atoms. The molecule has 10 nitrogen and oxygen atoms in total. The number of nitrogens with zero attached hydrogens (tertiary/aromatic N) is 2. The van der Waals surface area contributed by atoms with Crippen molar-refractivity contribution >= 4 is 33.8 Å². The number of ether oxygens (including phenoxy) is 1. The van der Waals surface area contributed by atoms with Crippen LogP contribution in [0.2, 0.25) is 0 Å². The number of aryl methyl sites for hydroxylation is 1. The highest BCUT2D eigenvalue weighted by molar-refractivity contribution is 6.00. The van der Waals surface area contributed by atoms with Crippen LogP contribution in [-0.4, -0.2) is 61.0 Å². The number of benzene rings is 3. The Morgan fingerprint density at radius 2 is 1.84 bits per heavy atom. The van der Waals surface area contributed by atoms with Gasteiger partial charge in [0.05, 0.1) is 17.6 Å². The molecule has 1 aliphatic rings. The third kappa shape index (κ3) is 5.85. The quantitative estimate of drug-likeness (QED) is 0.143. The summed E-state index contributed by atoms with van der Waals surface area (Å²) in [5.41, 5.74) is 5.11. The maximum Gasteiger partial charge on any atom is 0.326 e. The molecule has 1 aliphatic carbocycles. The van der Waals surface area contributed by atoms with Crippen LogP contribution in [0.5, 0.6) is 11.5 Å². The van der Waals surface area contributed by atoms with Crippen LogP contribution in [0.4, 0.5) is 0 Å². The van der Waals surface area contributed by atoms with Crippen molar-refractivity contribution < 1.29 is 29.6 Å². The van der Waals surface area contributed by atoms with Crippen molar-refractivity contribution in [1.29, 1.82) is 0 Å². The van der Waals surface area contributed by atoms with E-state index in [1.54, 1.807) is 30.3 Å². The topological polar surface area (TPSA) is 150 Å². The number of aliphatic hydroxyl groups is 1. The van der Waals surface area contributed by atoms with Crippen molar-refractivity contribution in [3.05, 3.63) is 77.5 Å². The van der Waals surface area contributed by atoms with Gasteiger partial charge >= 0.3 is 5.97 Å². The van der Waals surface area contributed by atoms with Crippen LogP contribution < -0.4 is 10.1 Å². The van der Waals surface area contributed by atoms with E-state index < -0.39 is 17.9 Å². The molecule has 3 aromatic carbocycles. The van der Waals surface area contributed by atoms with Gasteiger partial charge in [0.1, 0.15) is 30.0 Å². The number of carboxylic acid groups (broad SMARTS) is 1. The zero-order valence-electron chi connectivity index (χ0n) is 24.5. The number of aromatic hydroxyl groups is 1. The first-order valence-corrected chi connectivity index (χ1v) is 15.0. The van der Waals surface area contributed by atoms with Gasteiger partial charge in [0.15, 0.2) is 0 Å². The van der Waals surface area contributed by atoms with Crippen LogP contribution in [0.25, 0.3) is 33.3 Å². The number of carbonyl (C=O) groups is 2. The molecule has 6 rings (SSSR count). The number of aromatic amines is 1. The summed E-state index contributed by atoms with van der Waals surface area (Å²) >= 11 is 0. The summed E-state index contributed by atoms with van der Waals surface area (Å²) in [5.74, 6) is -0.100. The van der Waals surface area contributed by atoms with E-state index in [0.29, 0.717) is 16.8 Å². The molecule has 1 fully saturated rings. The van der Waals surface area contributed by atoms with Gasteiger partial charge in [-0.1, -0.05) is 19.3 Å². The van der Waals surface area contributed by atoms with E-state index >= 15 is 0 Å². The molecule has 2 heterocycles. The first kappa shape index (κ1) is 29.3. The van der Waals surface area contributed by atoms with Crippen LogP contribution >= 0.6 is 0 Å². The van der Waals surface area contributed by atoms with Gasteiger partial charge in [0, 0.05) is 40.2 Å². The molecule has 10 heteroatoms. The number of imidazole rings is 1. The number of hydrogen-bond donors (Lipinski definition) is 5. The molecule has 0 bridgehead atoms. The van der Waals surface area contributed by atoms with Gasteiger partial charge < -0.3 is 34.9 Å². The fraction of sp³-hybridized carbons (Fsp3) is 0.324. The largest absolute Gasteiger partial charge is 0.508 e.